The second kappa shape index (κ2) is 6.94. The largest absolute Gasteiger partial charge is 0.478 e. The van der Waals surface area contributed by atoms with Crippen LogP contribution in [-0.2, 0) is 14.8 Å². The van der Waals surface area contributed by atoms with Crippen molar-refractivity contribution in [1.29, 1.82) is 0 Å². The molecule has 1 aromatic rings. The number of ether oxygens (including phenoxy) is 1. The van der Waals surface area contributed by atoms with Crippen molar-refractivity contribution in [2.24, 2.45) is 5.92 Å². The van der Waals surface area contributed by atoms with Gasteiger partial charge in [-0.1, -0.05) is 0 Å². The fourth-order valence-electron chi connectivity index (χ4n) is 2.84. The second-order valence-electron chi connectivity index (χ2n) is 5.68. The standard InChI is InChI=1S/C15H20FNO5S/c1-10-13(15(18)19)7-12(16)8-14(10)23(20,21)17-5-3-11(4-6-17)9-22-2/h7-8,11H,3-6,9H2,1-2H3,(H,18,19). The molecule has 128 valence electrons. The highest BCUT2D eigenvalue weighted by molar-refractivity contribution is 7.89. The van der Waals surface area contributed by atoms with Crippen LogP contribution in [0.4, 0.5) is 4.39 Å². The fourth-order valence-corrected chi connectivity index (χ4v) is 4.56. The maximum absolute atomic E-state index is 13.7. The molecule has 1 fully saturated rings. The minimum absolute atomic E-state index is 0.0536. The minimum Gasteiger partial charge on any atom is -0.478 e. The number of carboxylic acid groups (broad SMARTS) is 1. The Labute approximate surface area is 134 Å². The van der Waals surface area contributed by atoms with Crippen molar-refractivity contribution in [1.82, 2.24) is 4.31 Å². The molecule has 0 aromatic heterocycles. The molecule has 1 aliphatic rings. The number of hydrogen-bond donors (Lipinski definition) is 1. The molecule has 0 radical (unpaired) electrons. The molecular weight excluding hydrogens is 325 g/mol. The Bertz CT molecular complexity index is 696. The summed E-state index contributed by atoms with van der Waals surface area (Å²) in [6.07, 6.45) is 1.32. The van der Waals surface area contributed by atoms with E-state index in [-0.39, 0.29) is 16.0 Å². The monoisotopic (exact) mass is 345 g/mol. The molecule has 1 heterocycles. The van der Waals surface area contributed by atoms with Gasteiger partial charge >= 0.3 is 5.97 Å². The third kappa shape index (κ3) is 3.70. The number of nitrogens with zero attached hydrogens (tertiary/aromatic N) is 1. The topological polar surface area (TPSA) is 83.9 Å². The predicted molar refractivity (Wildman–Crippen MR) is 81.5 cm³/mol. The Morgan fingerprint density at radius 2 is 2.00 bits per heavy atom. The highest BCUT2D eigenvalue weighted by atomic mass is 32.2. The van der Waals surface area contributed by atoms with E-state index < -0.39 is 21.8 Å². The Morgan fingerprint density at radius 1 is 1.39 bits per heavy atom. The number of carboxylic acids is 1. The van der Waals surface area contributed by atoms with Crippen molar-refractivity contribution in [2.75, 3.05) is 26.8 Å². The van der Waals surface area contributed by atoms with Crippen molar-refractivity contribution >= 4 is 16.0 Å². The van der Waals surface area contributed by atoms with Crippen LogP contribution in [0.1, 0.15) is 28.8 Å². The molecule has 0 amide bonds. The summed E-state index contributed by atoms with van der Waals surface area (Å²) in [5.74, 6) is -1.92. The van der Waals surface area contributed by atoms with E-state index in [0.717, 1.165) is 12.1 Å². The van der Waals surface area contributed by atoms with E-state index in [4.69, 9.17) is 9.84 Å². The molecule has 0 atom stereocenters. The first kappa shape index (κ1) is 17.8. The molecule has 8 heteroatoms. The Morgan fingerprint density at radius 3 is 2.52 bits per heavy atom. The second-order valence-corrected chi connectivity index (χ2v) is 7.59. The van der Waals surface area contributed by atoms with Gasteiger partial charge < -0.3 is 9.84 Å². The lowest BCUT2D eigenvalue weighted by atomic mass is 9.99. The van der Waals surface area contributed by atoms with Gasteiger partial charge in [0.1, 0.15) is 5.82 Å². The zero-order chi connectivity index (χ0) is 17.2. The molecule has 23 heavy (non-hydrogen) atoms. The maximum atomic E-state index is 13.7. The van der Waals surface area contributed by atoms with Crippen LogP contribution in [0.5, 0.6) is 0 Å². The summed E-state index contributed by atoms with van der Waals surface area (Å²) in [7, 11) is -2.32. The van der Waals surface area contributed by atoms with Crippen LogP contribution in [0.2, 0.25) is 0 Å². The van der Waals surface area contributed by atoms with Gasteiger partial charge in [0.2, 0.25) is 10.0 Å². The SMILES string of the molecule is COCC1CCN(S(=O)(=O)c2cc(F)cc(C(=O)O)c2C)CC1. The Balaban J connectivity index is 2.32. The van der Waals surface area contributed by atoms with Crippen LogP contribution in [0.3, 0.4) is 0 Å². The maximum Gasteiger partial charge on any atom is 0.336 e. The van der Waals surface area contributed by atoms with Crippen molar-refractivity contribution in [2.45, 2.75) is 24.7 Å². The number of benzene rings is 1. The van der Waals surface area contributed by atoms with E-state index in [1.165, 1.54) is 11.2 Å². The zero-order valence-corrected chi connectivity index (χ0v) is 13.9. The van der Waals surface area contributed by atoms with Crippen molar-refractivity contribution < 1.29 is 27.4 Å². The number of methoxy groups -OCH3 is 1. The van der Waals surface area contributed by atoms with Gasteiger partial charge in [0.25, 0.3) is 0 Å². The number of hydrogen-bond acceptors (Lipinski definition) is 4. The van der Waals surface area contributed by atoms with E-state index in [9.17, 15) is 17.6 Å². The summed E-state index contributed by atoms with van der Waals surface area (Å²) in [5, 5.41) is 9.10. The molecule has 0 bridgehead atoms. The number of aromatic carboxylic acids is 1. The van der Waals surface area contributed by atoms with Crippen LogP contribution in [0.15, 0.2) is 17.0 Å². The zero-order valence-electron chi connectivity index (χ0n) is 13.1. The highest BCUT2D eigenvalue weighted by Crippen LogP contribution is 2.28. The van der Waals surface area contributed by atoms with Crippen molar-refractivity contribution in [3.63, 3.8) is 0 Å². The first-order chi connectivity index (χ1) is 10.8. The molecule has 0 unspecified atom stereocenters. The smallest absolute Gasteiger partial charge is 0.336 e. The van der Waals surface area contributed by atoms with Gasteiger partial charge in [0.15, 0.2) is 0 Å². The lowest BCUT2D eigenvalue weighted by molar-refractivity contribution is 0.0695. The summed E-state index contributed by atoms with van der Waals surface area (Å²) in [6, 6.07) is 1.72. The summed E-state index contributed by atoms with van der Waals surface area (Å²) < 4.78 is 45.5. The summed E-state index contributed by atoms with van der Waals surface area (Å²) in [4.78, 5) is 10.9. The normalized spacial score (nSPS) is 17.3. The Kier molecular flexibility index (Phi) is 5.38. The van der Waals surface area contributed by atoms with Crippen LogP contribution >= 0.6 is 0 Å². The van der Waals surface area contributed by atoms with Crippen LogP contribution < -0.4 is 0 Å². The number of carbonyl (C=O) groups is 1. The molecule has 1 saturated heterocycles. The summed E-state index contributed by atoms with van der Waals surface area (Å²) in [6.45, 7) is 2.59. The van der Waals surface area contributed by atoms with Gasteiger partial charge in [0.05, 0.1) is 10.5 Å². The van der Waals surface area contributed by atoms with Gasteiger partial charge in [0, 0.05) is 26.8 Å². The average Bonchev–Trinajstić information content (AvgIpc) is 2.49. The minimum atomic E-state index is -3.92. The average molecular weight is 345 g/mol. The van der Waals surface area contributed by atoms with Gasteiger partial charge in [-0.2, -0.15) is 4.31 Å². The molecular formula is C15H20FNO5S. The molecule has 0 aliphatic carbocycles. The lowest BCUT2D eigenvalue weighted by Crippen LogP contribution is -2.39. The van der Waals surface area contributed by atoms with E-state index in [2.05, 4.69) is 0 Å². The summed E-state index contributed by atoms with van der Waals surface area (Å²) >= 11 is 0. The fraction of sp³-hybridized carbons (Fsp3) is 0.533. The number of piperidine rings is 1. The first-order valence-corrected chi connectivity index (χ1v) is 8.74. The third-order valence-corrected chi connectivity index (χ3v) is 6.17. The number of halogens is 1. The van der Waals surface area contributed by atoms with Crippen molar-refractivity contribution in [3.05, 3.63) is 29.1 Å². The Hall–Kier alpha value is -1.51. The molecule has 6 nitrogen and oxygen atoms in total. The van der Waals surface area contributed by atoms with E-state index in [0.29, 0.717) is 38.5 Å². The molecule has 1 N–H and O–H groups in total. The van der Waals surface area contributed by atoms with Gasteiger partial charge in [-0.25, -0.2) is 17.6 Å². The quantitative estimate of drug-likeness (QED) is 0.881. The van der Waals surface area contributed by atoms with Crippen LogP contribution in [0, 0.1) is 18.7 Å². The number of sulfonamides is 1. The van der Waals surface area contributed by atoms with E-state index in [1.807, 2.05) is 0 Å². The van der Waals surface area contributed by atoms with Gasteiger partial charge in [-0.15, -0.1) is 0 Å². The lowest BCUT2D eigenvalue weighted by Gasteiger charge is -2.31. The van der Waals surface area contributed by atoms with Gasteiger partial charge in [-0.3, -0.25) is 0 Å². The number of rotatable bonds is 5. The molecule has 1 aromatic carbocycles. The molecule has 0 spiro atoms. The summed E-state index contributed by atoms with van der Waals surface area (Å²) in [5.41, 5.74) is -0.282. The molecule has 2 rings (SSSR count). The predicted octanol–water partition coefficient (Wildman–Crippen LogP) is 1.88. The van der Waals surface area contributed by atoms with Crippen LogP contribution in [0.25, 0.3) is 0 Å². The molecule has 0 saturated carbocycles. The third-order valence-electron chi connectivity index (χ3n) is 4.15. The van der Waals surface area contributed by atoms with Crippen LogP contribution in [-0.4, -0.2) is 50.6 Å². The highest BCUT2D eigenvalue weighted by Gasteiger charge is 2.32. The van der Waals surface area contributed by atoms with E-state index >= 15 is 0 Å². The molecule has 1 aliphatic heterocycles. The van der Waals surface area contributed by atoms with Crippen molar-refractivity contribution in [3.8, 4) is 0 Å². The van der Waals surface area contributed by atoms with E-state index in [1.54, 1.807) is 7.11 Å². The van der Waals surface area contributed by atoms with Gasteiger partial charge in [-0.05, 0) is 43.4 Å². The first-order valence-electron chi connectivity index (χ1n) is 7.30.